The van der Waals surface area contributed by atoms with Gasteiger partial charge in [-0.2, -0.15) is 5.26 Å². The Bertz CT molecular complexity index is 1010. The summed E-state index contributed by atoms with van der Waals surface area (Å²) < 4.78 is 25.5. The van der Waals surface area contributed by atoms with Crippen LogP contribution >= 0.6 is 0 Å². The number of hydrogen-bond acceptors (Lipinski definition) is 4. The lowest BCUT2D eigenvalue weighted by Gasteiger charge is -2.10. The van der Waals surface area contributed by atoms with Gasteiger partial charge in [0.05, 0.1) is 27.6 Å². The fourth-order valence-electron chi connectivity index (χ4n) is 2.20. The molecule has 0 saturated heterocycles. The first-order valence-corrected chi connectivity index (χ1v) is 8.28. The molecule has 2 aromatic carbocycles. The predicted molar refractivity (Wildman–Crippen MR) is 87.1 cm³/mol. The molecule has 0 aliphatic rings. The fourth-order valence-corrected chi connectivity index (χ4v) is 3.13. The van der Waals surface area contributed by atoms with Gasteiger partial charge < -0.3 is 4.98 Å². The average molecular weight is 326 g/mol. The second kappa shape index (κ2) is 5.50. The number of benzene rings is 2. The third kappa shape index (κ3) is 2.70. The Morgan fingerprint density at radius 3 is 2.43 bits per heavy atom. The lowest BCUT2D eigenvalue weighted by Crippen LogP contribution is -2.22. The second-order valence-electron chi connectivity index (χ2n) is 5.24. The summed E-state index contributed by atoms with van der Waals surface area (Å²) in [6, 6.07) is 13.9. The van der Waals surface area contributed by atoms with E-state index < -0.39 is 10.0 Å². The van der Waals surface area contributed by atoms with E-state index in [0.29, 0.717) is 22.4 Å². The number of fused-ring (bicyclic) bond motifs is 1. The van der Waals surface area contributed by atoms with Crippen LogP contribution in [0.25, 0.3) is 22.4 Å². The highest BCUT2D eigenvalue weighted by Crippen LogP contribution is 2.24. The van der Waals surface area contributed by atoms with Crippen molar-refractivity contribution >= 4 is 21.1 Å². The van der Waals surface area contributed by atoms with Crippen LogP contribution in [-0.4, -0.2) is 36.8 Å². The third-order valence-corrected chi connectivity index (χ3v) is 5.33. The van der Waals surface area contributed by atoms with Gasteiger partial charge in [-0.3, -0.25) is 0 Å². The van der Waals surface area contributed by atoms with Crippen LogP contribution in [0.3, 0.4) is 0 Å². The molecule has 1 N–H and O–H groups in total. The normalized spacial score (nSPS) is 11.7. The molecule has 23 heavy (non-hydrogen) atoms. The molecule has 6 nitrogen and oxygen atoms in total. The molecule has 3 rings (SSSR count). The van der Waals surface area contributed by atoms with Crippen LogP contribution in [-0.2, 0) is 10.0 Å². The van der Waals surface area contributed by atoms with Crippen molar-refractivity contribution in [1.29, 1.82) is 5.26 Å². The van der Waals surface area contributed by atoms with Crippen molar-refractivity contribution in [2.75, 3.05) is 14.1 Å². The SMILES string of the molecule is CN(C)S(=O)(=O)c1ccc2nc(-c3ccc(C#N)cc3)[nH]c2c1. The molecule has 0 unspecified atom stereocenters. The standard InChI is InChI=1S/C16H14N4O2S/c1-20(2)23(21,22)13-7-8-14-15(9-13)19-16(18-14)12-5-3-11(10-17)4-6-12/h3-9H,1-2H3,(H,18,19). The molecule has 0 amide bonds. The molecule has 3 aromatic rings. The van der Waals surface area contributed by atoms with Crippen LogP contribution in [0, 0.1) is 11.3 Å². The van der Waals surface area contributed by atoms with E-state index in [4.69, 9.17) is 5.26 Å². The van der Waals surface area contributed by atoms with Crippen LogP contribution in [0.2, 0.25) is 0 Å². The fraction of sp³-hybridized carbons (Fsp3) is 0.125. The van der Waals surface area contributed by atoms with E-state index in [2.05, 4.69) is 16.0 Å². The first-order chi connectivity index (χ1) is 10.9. The maximum Gasteiger partial charge on any atom is 0.242 e. The van der Waals surface area contributed by atoms with Gasteiger partial charge in [0.25, 0.3) is 0 Å². The lowest BCUT2D eigenvalue weighted by molar-refractivity contribution is 0.521. The molecule has 0 atom stereocenters. The molecule has 0 radical (unpaired) electrons. The van der Waals surface area contributed by atoms with Gasteiger partial charge in [-0.05, 0) is 42.5 Å². The molecule has 0 aliphatic carbocycles. The van der Waals surface area contributed by atoms with Crippen molar-refractivity contribution in [1.82, 2.24) is 14.3 Å². The topological polar surface area (TPSA) is 89.8 Å². The molecular weight excluding hydrogens is 312 g/mol. The minimum Gasteiger partial charge on any atom is -0.338 e. The van der Waals surface area contributed by atoms with Gasteiger partial charge in [0, 0.05) is 19.7 Å². The van der Waals surface area contributed by atoms with Crippen LogP contribution < -0.4 is 0 Å². The Morgan fingerprint density at radius 2 is 1.83 bits per heavy atom. The molecule has 1 aromatic heterocycles. The Morgan fingerprint density at radius 1 is 1.13 bits per heavy atom. The van der Waals surface area contributed by atoms with E-state index in [1.807, 2.05) is 0 Å². The molecule has 7 heteroatoms. The number of hydrogen-bond donors (Lipinski definition) is 1. The number of aromatic amines is 1. The molecule has 0 aliphatic heterocycles. The smallest absolute Gasteiger partial charge is 0.242 e. The number of sulfonamides is 1. The quantitative estimate of drug-likeness (QED) is 0.800. The maximum absolute atomic E-state index is 12.2. The number of rotatable bonds is 3. The largest absolute Gasteiger partial charge is 0.338 e. The Labute approximate surface area is 134 Å². The second-order valence-corrected chi connectivity index (χ2v) is 7.39. The first-order valence-electron chi connectivity index (χ1n) is 6.84. The van der Waals surface area contributed by atoms with Crippen molar-refractivity contribution in [3.05, 3.63) is 48.0 Å². The van der Waals surface area contributed by atoms with Crippen molar-refractivity contribution in [3.8, 4) is 17.5 Å². The molecule has 0 spiro atoms. The summed E-state index contributed by atoms with van der Waals surface area (Å²) in [6.45, 7) is 0. The number of nitrogens with zero attached hydrogens (tertiary/aromatic N) is 3. The molecule has 0 saturated carbocycles. The highest BCUT2D eigenvalue weighted by atomic mass is 32.2. The van der Waals surface area contributed by atoms with E-state index >= 15 is 0 Å². The minimum absolute atomic E-state index is 0.213. The van der Waals surface area contributed by atoms with Gasteiger partial charge in [-0.25, -0.2) is 17.7 Å². The minimum atomic E-state index is -3.48. The zero-order valence-corrected chi connectivity index (χ0v) is 13.4. The summed E-state index contributed by atoms with van der Waals surface area (Å²) in [5.41, 5.74) is 2.73. The number of nitrogens with one attached hydrogen (secondary N) is 1. The van der Waals surface area contributed by atoms with Crippen molar-refractivity contribution in [2.45, 2.75) is 4.90 Å². The van der Waals surface area contributed by atoms with Crippen LogP contribution in [0.1, 0.15) is 5.56 Å². The number of aromatic nitrogens is 2. The lowest BCUT2D eigenvalue weighted by atomic mass is 10.1. The average Bonchev–Trinajstić information content (AvgIpc) is 2.97. The monoisotopic (exact) mass is 326 g/mol. The Balaban J connectivity index is 2.07. The first kappa shape index (κ1) is 15.2. The summed E-state index contributed by atoms with van der Waals surface area (Å²) in [7, 11) is -0.494. The summed E-state index contributed by atoms with van der Waals surface area (Å²) >= 11 is 0. The third-order valence-electron chi connectivity index (χ3n) is 3.52. The predicted octanol–water partition coefficient (Wildman–Crippen LogP) is 2.35. The van der Waals surface area contributed by atoms with Crippen molar-refractivity contribution < 1.29 is 8.42 Å². The van der Waals surface area contributed by atoms with Crippen LogP contribution in [0.4, 0.5) is 0 Å². The van der Waals surface area contributed by atoms with Gasteiger partial charge in [-0.1, -0.05) is 0 Å². The van der Waals surface area contributed by atoms with E-state index in [1.165, 1.54) is 18.4 Å². The van der Waals surface area contributed by atoms with Crippen LogP contribution in [0.5, 0.6) is 0 Å². The molecule has 1 heterocycles. The van der Waals surface area contributed by atoms with Gasteiger partial charge in [0.2, 0.25) is 10.0 Å². The van der Waals surface area contributed by atoms with Crippen molar-refractivity contribution in [2.24, 2.45) is 0 Å². The Kier molecular flexibility index (Phi) is 3.64. The van der Waals surface area contributed by atoms with E-state index in [9.17, 15) is 8.42 Å². The molecule has 0 bridgehead atoms. The highest BCUT2D eigenvalue weighted by molar-refractivity contribution is 7.89. The van der Waals surface area contributed by atoms with Crippen molar-refractivity contribution in [3.63, 3.8) is 0 Å². The molecular formula is C16H14N4O2S. The van der Waals surface area contributed by atoms with Gasteiger partial charge in [0.1, 0.15) is 5.82 Å². The summed E-state index contributed by atoms with van der Waals surface area (Å²) in [5, 5.41) is 8.83. The Hall–Kier alpha value is -2.69. The number of nitriles is 1. The van der Waals surface area contributed by atoms with Gasteiger partial charge >= 0.3 is 0 Å². The summed E-state index contributed by atoms with van der Waals surface area (Å²) in [4.78, 5) is 7.80. The van der Waals surface area contributed by atoms with E-state index in [-0.39, 0.29) is 4.90 Å². The molecule has 0 fully saturated rings. The van der Waals surface area contributed by atoms with E-state index in [1.54, 1.807) is 42.5 Å². The maximum atomic E-state index is 12.2. The highest BCUT2D eigenvalue weighted by Gasteiger charge is 2.18. The summed E-state index contributed by atoms with van der Waals surface area (Å²) in [5.74, 6) is 0.629. The van der Waals surface area contributed by atoms with Crippen LogP contribution in [0.15, 0.2) is 47.4 Å². The van der Waals surface area contributed by atoms with E-state index in [0.717, 1.165) is 5.56 Å². The van der Waals surface area contributed by atoms with Gasteiger partial charge in [-0.15, -0.1) is 0 Å². The zero-order valence-electron chi connectivity index (χ0n) is 12.6. The summed E-state index contributed by atoms with van der Waals surface area (Å²) in [6.07, 6.45) is 0. The molecule has 116 valence electrons. The number of H-pyrrole nitrogens is 1. The van der Waals surface area contributed by atoms with Gasteiger partial charge in [0.15, 0.2) is 0 Å². The number of imidazole rings is 1. The zero-order chi connectivity index (χ0) is 16.6.